The quantitative estimate of drug-likeness (QED) is 0.576. The summed E-state index contributed by atoms with van der Waals surface area (Å²) in [5.41, 5.74) is 5.58. The maximum atomic E-state index is 11.3. The van der Waals surface area contributed by atoms with Crippen LogP contribution in [0.3, 0.4) is 0 Å². The van der Waals surface area contributed by atoms with E-state index in [4.69, 9.17) is 5.73 Å². The highest BCUT2D eigenvalue weighted by Gasteiger charge is 2.33. The van der Waals surface area contributed by atoms with Crippen molar-refractivity contribution in [3.8, 4) is 0 Å². The van der Waals surface area contributed by atoms with E-state index in [1.54, 1.807) is 0 Å². The SMILES string of the molecule is CCCNS(=O)(=O)NCC1(N)CCC1. The van der Waals surface area contributed by atoms with E-state index in [-0.39, 0.29) is 5.54 Å². The number of hydrogen-bond acceptors (Lipinski definition) is 3. The fraction of sp³-hybridized carbons (Fsp3) is 1.00. The predicted molar refractivity (Wildman–Crippen MR) is 56.0 cm³/mol. The Bertz CT molecular complexity index is 272. The number of nitrogens with two attached hydrogens (primary N) is 1. The van der Waals surface area contributed by atoms with Crippen molar-refractivity contribution >= 4 is 10.2 Å². The fourth-order valence-electron chi connectivity index (χ4n) is 1.33. The Kier molecular flexibility index (Phi) is 3.88. The van der Waals surface area contributed by atoms with Crippen LogP contribution in [0.2, 0.25) is 0 Å². The Morgan fingerprint density at radius 2 is 2.00 bits per heavy atom. The van der Waals surface area contributed by atoms with Gasteiger partial charge >= 0.3 is 0 Å². The molecule has 4 N–H and O–H groups in total. The van der Waals surface area contributed by atoms with Gasteiger partial charge in [-0.05, 0) is 25.7 Å². The summed E-state index contributed by atoms with van der Waals surface area (Å²) in [7, 11) is -3.33. The van der Waals surface area contributed by atoms with E-state index in [1.165, 1.54) is 0 Å². The van der Waals surface area contributed by atoms with Gasteiger partial charge in [-0.1, -0.05) is 6.92 Å². The van der Waals surface area contributed by atoms with E-state index in [9.17, 15) is 8.42 Å². The molecule has 0 spiro atoms. The third-order valence-electron chi connectivity index (χ3n) is 2.51. The molecule has 14 heavy (non-hydrogen) atoms. The lowest BCUT2D eigenvalue weighted by molar-refractivity contribution is 0.250. The number of rotatable bonds is 6. The average molecular weight is 221 g/mol. The maximum absolute atomic E-state index is 11.3. The molecule has 0 unspecified atom stereocenters. The Morgan fingerprint density at radius 1 is 1.36 bits per heavy atom. The molecule has 0 atom stereocenters. The summed E-state index contributed by atoms with van der Waals surface area (Å²) >= 11 is 0. The molecule has 0 saturated heterocycles. The van der Waals surface area contributed by atoms with Crippen molar-refractivity contribution in [3.05, 3.63) is 0 Å². The molecule has 1 fully saturated rings. The van der Waals surface area contributed by atoms with Crippen LogP contribution < -0.4 is 15.2 Å². The Hall–Kier alpha value is -0.170. The van der Waals surface area contributed by atoms with Gasteiger partial charge in [-0.15, -0.1) is 0 Å². The zero-order valence-electron chi connectivity index (χ0n) is 8.54. The Balaban J connectivity index is 2.28. The van der Waals surface area contributed by atoms with Crippen LogP contribution in [0.1, 0.15) is 32.6 Å². The van der Waals surface area contributed by atoms with Crippen molar-refractivity contribution in [3.63, 3.8) is 0 Å². The van der Waals surface area contributed by atoms with E-state index in [0.29, 0.717) is 13.1 Å². The molecule has 6 heteroatoms. The minimum Gasteiger partial charge on any atom is -0.324 e. The Labute approximate surface area is 85.6 Å². The first kappa shape index (κ1) is 11.9. The lowest BCUT2D eigenvalue weighted by Crippen LogP contribution is -2.56. The van der Waals surface area contributed by atoms with E-state index in [1.807, 2.05) is 6.92 Å². The number of nitrogens with one attached hydrogen (secondary N) is 2. The highest BCUT2D eigenvalue weighted by atomic mass is 32.2. The molecule has 0 bridgehead atoms. The zero-order chi connectivity index (χ0) is 10.7. The molecule has 1 rings (SSSR count). The van der Waals surface area contributed by atoms with Crippen LogP contribution in [0.15, 0.2) is 0 Å². The van der Waals surface area contributed by atoms with Crippen molar-refractivity contribution < 1.29 is 8.42 Å². The van der Waals surface area contributed by atoms with Gasteiger partial charge in [-0.2, -0.15) is 8.42 Å². The molecule has 0 aliphatic heterocycles. The highest BCUT2D eigenvalue weighted by molar-refractivity contribution is 7.87. The predicted octanol–water partition coefficient (Wildman–Crippen LogP) is -0.298. The molecular weight excluding hydrogens is 202 g/mol. The first-order chi connectivity index (χ1) is 6.47. The third-order valence-corrected chi connectivity index (χ3v) is 3.61. The molecule has 0 aromatic rings. The summed E-state index contributed by atoms with van der Waals surface area (Å²) in [6.45, 7) is 2.72. The summed E-state index contributed by atoms with van der Waals surface area (Å²) in [6, 6.07) is 0. The average Bonchev–Trinajstić information content (AvgIpc) is 2.09. The van der Waals surface area contributed by atoms with E-state index in [0.717, 1.165) is 25.7 Å². The zero-order valence-corrected chi connectivity index (χ0v) is 9.36. The van der Waals surface area contributed by atoms with E-state index in [2.05, 4.69) is 9.44 Å². The van der Waals surface area contributed by atoms with Gasteiger partial charge in [0.1, 0.15) is 0 Å². The van der Waals surface area contributed by atoms with Gasteiger partial charge in [0.15, 0.2) is 0 Å². The summed E-state index contributed by atoms with van der Waals surface area (Å²) in [4.78, 5) is 0. The van der Waals surface area contributed by atoms with Gasteiger partial charge in [-0.25, -0.2) is 9.44 Å². The third kappa shape index (κ3) is 3.53. The molecule has 1 saturated carbocycles. The molecule has 1 aliphatic rings. The summed E-state index contributed by atoms with van der Waals surface area (Å²) in [5.74, 6) is 0. The minimum absolute atomic E-state index is 0.305. The van der Waals surface area contributed by atoms with Crippen molar-refractivity contribution in [2.45, 2.75) is 38.1 Å². The second-order valence-corrected chi connectivity index (χ2v) is 5.52. The summed E-state index contributed by atoms with van der Waals surface area (Å²) < 4.78 is 27.5. The first-order valence-electron chi connectivity index (χ1n) is 5.01. The minimum atomic E-state index is -3.33. The van der Waals surface area contributed by atoms with Gasteiger partial charge < -0.3 is 5.73 Å². The van der Waals surface area contributed by atoms with Crippen LogP contribution >= 0.6 is 0 Å². The normalized spacial score (nSPS) is 20.4. The van der Waals surface area contributed by atoms with Crippen molar-refractivity contribution in [1.29, 1.82) is 0 Å². The van der Waals surface area contributed by atoms with Gasteiger partial charge in [-0.3, -0.25) is 0 Å². The summed E-state index contributed by atoms with van der Waals surface area (Å²) in [5, 5.41) is 0. The molecule has 5 nitrogen and oxygen atoms in total. The van der Waals surface area contributed by atoms with Crippen LogP contribution in [-0.4, -0.2) is 27.0 Å². The van der Waals surface area contributed by atoms with E-state index < -0.39 is 10.2 Å². The lowest BCUT2D eigenvalue weighted by Gasteiger charge is -2.37. The van der Waals surface area contributed by atoms with Gasteiger partial charge in [0, 0.05) is 18.6 Å². The molecule has 0 aromatic carbocycles. The molecule has 0 radical (unpaired) electrons. The largest absolute Gasteiger partial charge is 0.324 e. The molecular formula is C8H19N3O2S. The standard InChI is InChI=1S/C8H19N3O2S/c1-2-6-10-14(12,13)11-7-8(9)4-3-5-8/h10-11H,2-7,9H2,1H3. The van der Waals surface area contributed by atoms with Crippen LogP contribution in [0, 0.1) is 0 Å². The molecule has 0 aromatic heterocycles. The van der Waals surface area contributed by atoms with Crippen molar-refractivity contribution in [2.75, 3.05) is 13.1 Å². The highest BCUT2D eigenvalue weighted by Crippen LogP contribution is 2.28. The van der Waals surface area contributed by atoms with Crippen molar-refractivity contribution in [1.82, 2.24) is 9.44 Å². The van der Waals surface area contributed by atoms with E-state index >= 15 is 0 Å². The van der Waals surface area contributed by atoms with Gasteiger partial charge in [0.25, 0.3) is 10.2 Å². The fourth-order valence-corrected chi connectivity index (χ4v) is 2.39. The summed E-state index contributed by atoms with van der Waals surface area (Å²) in [6.07, 6.45) is 3.70. The molecule has 0 heterocycles. The second kappa shape index (κ2) is 4.57. The monoisotopic (exact) mass is 221 g/mol. The van der Waals surface area contributed by atoms with Crippen LogP contribution in [0.25, 0.3) is 0 Å². The molecule has 0 amide bonds. The van der Waals surface area contributed by atoms with Crippen LogP contribution in [-0.2, 0) is 10.2 Å². The van der Waals surface area contributed by atoms with Crippen LogP contribution in [0.5, 0.6) is 0 Å². The lowest BCUT2D eigenvalue weighted by atomic mass is 9.78. The van der Waals surface area contributed by atoms with Gasteiger partial charge in [0.2, 0.25) is 0 Å². The van der Waals surface area contributed by atoms with Gasteiger partial charge in [0.05, 0.1) is 0 Å². The second-order valence-electron chi connectivity index (χ2n) is 3.93. The topological polar surface area (TPSA) is 84.2 Å². The number of hydrogen-bond donors (Lipinski definition) is 3. The van der Waals surface area contributed by atoms with Crippen LogP contribution in [0.4, 0.5) is 0 Å². The smallest absolute Gasteiger partial charge is 0.276 e. The maximum Gasteiger partial charge on any atom is 0.276 e. The molecule has 84 valence electrons. The molecule has 1 aliphatic carbocycles. The Morgan fingerprint density at radius 3 is 2.43 bits per heavy atom. The first-order valence-corrected chi connectivity index (χ1v) is 6.49. The van der Waals surface area contributed by atoms with Crippen molar-refractivity contribution in [2.24, 2.45) is 5.73 Å².